The predicted molar refractivity (Wildman–Crippen MR) is 83.2 cm³/mol. The lowest BCUT2D eigenvalue weighted by atomic mass is 10.1. The molecule has 1 aromatic carbocycles. The molecular weight excluding hydrogens is 268 g/mol. The van der Waals surface area contributed by atoms with E-state index >= 15 is 0 Å². The second-order valence-electron chi connectivity index (χ2n) is 5.02. The van der Waals surface area contributed by atoms with Crippen molar-refractivity contribution in [2.24, 2.45) is 5.92 Å². The Labute approximate surface area is 125 Å². The second-order valence-corrected chi connectivity index (χ2v) is 5.02. The Bertz CT molecular complexity index is 481. The Morgan fingerprint density at radius 2 is 1.90 bits per heavy atom. The number of carbonyl (C=O) groups excluding carboxylic acids is 2. The minimum absolute atomic E-state index is 0.421. The minimum atomic E-state index is -0.668. The maximum atomic E-state index is 11.7. The molecule has 0 aliphatic rings. The largest absolute Gasteiger partial charge is 0.490 e. The predicted octanol–water partition coefficient (Wildman–Crippen LogP) is 2.35. The van der Waals surface area contributed by atoms with Gasteiger partial charge in [-0.2, -0.15) is 0 Å². The molecule has 0 unspecified atom stereocenters. The highest BCUT2D eigenvalue weighted by Gasteiger charge is 2.13. The van der Waals surface area contributed by atoms with Crippen molar-refractivity contribution < 1.29 is 14.3 Å². The van der Waals surface area contributed by atoms with Crippen molar-refractivity contribution in [3.05, 3.63) is 36.9 Å². The molecule has 0 radical (unpaired) electrons. The van der Waals surface area contributed by atoms with E-state index in [1.54, 1.807) is 30.3 Å². The lowest BCUT2D eigenvalue weighted by molar-refractivity contribution is -0.136. The van der Waals surface area contributed by atoms with Crippen LogP contribution >= 0.6 is 0 Å². The van der Waals surface area contributed by atoms with Crippen molar-refractivity contribution >= 4 is 17.5 Å². The highest BCUT2D eigenvalue weighted by molar-refractivity contribution is 6.39. The number of carbonyl (C=O) groups is 2. The molecule has 5 heteroatoms. The summed E-state index contributed by atoms with van der Waals surface area (Å²) in [5.41, 5.74) is 0.546. The highest BCUT2D eigenvalue weighted by atomic mass is 16.5. The monoisotopic (exact) mass is 290 g/mol. The van der Waals surface area contributed by atoms with Crippen molar-refractivity contribution in [3.63, 3.8) is 0 Å². The Hall–Kier alpha value is -2.30. The number of hydrogen-bond acceptors (Lipinski definition) is 3. The van der Waals surface area contributed by atoms with E-state index in [1.165, 1.54) is 0 Å². The van der Waals surface area contributed by atoms with Crippen molar-refractivity contribution in [1.82, 2.24) is 5.32 Å². The van der Waals surface area contributed by atoms with Crippen LogP contribution in [0.5, 0.6) is 5.75 Å². The van der Waals surface area contributed by atoms with Gasteiger partial charge in [-0.15, -0.1) is 0 Å². The Kier molecular flexibility index (Phi) is 7.01. The maximum Gasteiger partial charge on any atom is 0.313 e. The molecule has 0 aromatic heterocycles. The number of rotatable bonds is 7. The summed E-state index contributed by atoms with van der Waals surface area (Å²) >= 11 is 0. The first kappa shape index (κ1) is 16.8. The fraction of sp³-hybridized carbons (Fsp3) is 0.375. The summed E-state index contributed by atoms with van der Waals surface area (Å²) in [5.74, 6) is -0.132. The van der Waals surface area contributed by atoms with E-state index in [4.69, 9.17) is 4.74 Å². The van der Waals surface area contributed by atoms with Crippen molar-refractivity contribution in [3.8, 4) is 5.75 Å². The Balaban J connectivity index is 2.43. The van der Waals surface area contributed by atoms with Gasteiger partial charge in [-0.3, -0.25) is 9.59 Å². The van der Waals surface area contributed by atoms with Crippen LogP contribution in [-0.4, -0.2) is 25.0 Å². The number of anilines is 1. The molecule has 0 bridgehead atoms. The molecule has 114 valence electrons. The average molecular weight is 290 g/mol. The lowest BCUT2D eigenvalue weighted by Gasteiger charge is -2.08. The van der Waals surface area contributed by atoms with E-state index in [-0.39, 0.29) is 0 Å². The average Bonchev–Trinajstić information content (AvgIpc) is 2.46. The van der Waals surface area contributed by atoms with Gasteiger partial charge in [0.05, 0.1) is 0 Å². The molecule has 0 atom stereocenters. The first-order chi connectivity index (χ1) is 10.0. The fourth-order valence-electron chi connectivity index (χ4n) is 1.53. The van der Waals surface area contributed by atoms with Crippen LogP contribution in [0.1, 0.15) is 20.3 Å². The molecule has 2 N–H and O–H groups in total. The maximum absolute atomic E-state index is 11.7. The van der Waals surface area contributed by atoms with E-state index in [0.717, 1.165) is 6.42 Å². The van der Waals surface area contributed by atoms with Gasteiger partial charge in [0.1, 0.15) is 12.4 Å². The normalized spacial score (nSPS) is 10.0. The molecule has 0 aliphatic carbocycles. The number of nitrogens with one attached hydrogen (secondary N) is 2. The van der Waals surface area contributed by atoms with Crippen LogP contribution in [0.2, 0.25) is 0 Å². The zero-order chi connectivity index (χ0) is 15.7. The molecule has 0 heterocycles. The molecule has 0 saturated heterocycles. The van der Waals surface area contributed by atoms with Crippen LogP contribution in [0.3, 0.4) is 0 Å². The molecule has 0 fully saturated rings. The quantitative estimate of drug-likeness (QED) is 0.598. The third-order valence-electron chi connectivity index (χ3n) is 2.69. The van der Waals surface area contributed by atoms with Crippen LogP contribution in [0.15, 0.2) is 36.9 Å². The molecule has 5 nitrogen and oxygen atoms in total. The van der Waals surface area contributed by atoms with Crippen LogP contribution in [-0.2, 0) is 9.59 Å². The molecule has 1 aromatic rings. The van der Waals surface area contributed by atoms with Gasteiger partial charge >= 0.3 is 11.8 Å². The fourth-order valence-corrected chi connectivity index (χ4v) is 1.53. The zero-order valence-electron chi connectivity index (χ0n) is 12.5. The van der Waals surface area contributed by atoms with Crippen LogP contribution in [0.4, 0.5) is 5.69 Å². The SMILES string of the molecule is C=CCOc1ccc(NC(=O)C(=O)NCCC(C)C)cc1. The number of benzene rings is 1. The molecular formula is C16H22N2O3. The number of hydrogen-bond donors (Lipinski definition) is 2. The van der Waals surface area contributed by atoms with Gasteiger partial charge in [0, 0.05) is 12.2 Å². The van der Waals surface area contributed by atoms with Crippen molar-refractivity contribution in [2.75, 3.05) is 18.5 Å². The lowest BCUT2D eigenvalue weighted by Crippen LogP contribution is -2.36. The van der Waals surface area contributed by atoms with Crippen LogP contribution in [0, 0.1) is 5.92 Å². The van der Waals surface area contributed by atoms with Crippen molar-refractivity contribution in [2.45, 2.75) is 20.3 Å². The van der Waals surface area contributed by atoms with E-state index in [1.807, 2.05) is 0 Å². The van der Waals surface area contributed by atoms with E-state index in [2.05, 4.69) is 31.1 Å². The van der Waals surface area contributed by atoms with Gasteiger partial charge in [0.15, 0.2) is 0 Å². The van der Waals surface area contributed by atoms with Crippen LogP contribution in [0.25, 0.3) is 0 Å². The Morgan fingerprint density at radius 1 is 1.24 bits per heavy atom. The topological polar surface area (TPSA) is 67.4 Å². The molecule has 0 spiro atoms. The van der Waals surface area contributed by atoms with Gasteiger partial charge < -0.3 is 15.4 Å². The van der Waals surface area contributed by atoms with Gasteiger partial charge in [-0.25, -0.2) is 0 Å². The summed E-state index contributed by atoms with van der Waals surface area (Å²) in [7, 11) is 0. The molecule has 0 saturated carbocycles. The summed E-state index contributed by atoms with van der Waals surface area (Å²) in [6.45, 7) is 8.60. The van der Waals surface area contributed by atoms with Crippen molar-refractivity contribution in [1.29, 1.82) is 0 Å². The summed E-state index contributed by atoms with van der Waals surface area (Å²) < 4.78 is 5.33. The minimum Gasteiger partial charge on any atom is -0.490 e. The van der Waals surface area contributed by atoms with Gasteiger partial charge in [0.25, 0.3) is 0 Å². The third-order valence-corrected chi connectivity index (χ3v) is 2.69. The Morgan fingerprint density at radius 3 is 2.48 bits per heavy atom. The molecule has 21 heavy (non-hydrogen) atoms. The van der Waals surface area contributed by atoms with E-state index in [0.29, 0.717) is 30.5 Å². The first-order valence-electron chi connectivity index (χ1n) is 6.96. The van der Waals surface area contributed by atoms with Gasteiger partial charge in [0.2, 0.25) is 0 Å². The smallest absolute Gasteiger partial charge is 0.313 e. The standard InChI is InChI=1S/C16H22N2O3/c1-4-11-21-14-7-5-13(6-8-14)18-16(20)15(19)17-10-9-12(2)3/h4-8,12H,1,9-11H2,2-3H3,(H,17,19)(H,18,20). The summed E-state index contributed by atoms with van der Waals surface area (Å²) in [4.78, 5) is 23.3. The van der Waals surface area contributed by atoms with Gasteiger partial charge in [-0.05, 0) is 36.6 Å². The summed E-state index contributed by atoms with van der Waals surface area (Å²) in [6.07, 6.45) is 2.49. The molecule has 0 aliphatic heterocycles. The highest BCUT2D eigenvalue weighted by Crippen LogP contribution is 2.15. The van der Waals surface area contributed by atoms with Gasteiger partial charge in [-0.1, -0.05) is 26.5 Å². The number of ether oxygens (including phenoxy) is 1. The third kappa shape index (κ3) is 6.61. The summed E-state index contributed by atoms with van der Waals surface area (Å²) in [6, 6.07) is 6.79. The molecule has 2 amide bonds. The first-order valence-corrected chi connectivity index (χ1v) is 6.96. The van der Waals surface area contributed by atoms with E-state index < -0.39 is 11.8 Å². The molecule has 1 rings (SSSR count). The van der Waals surface area contributed by atoms with Crippen LogP contribution < -0.4 is 15.4 Å². The second kappa shape index (κ2) is 8.79. The zero-order valence-corrected chi connectivity index (χ0v) is 12.5. The van der Waals surface area contributed by atoms with E-state index in [9.17, 15) is 9.59 Å². The number of amides is 2. The summed E-state index contributed by atoms with van der Waals surface area (Å²) in [5, 5.41) is 5.12.